The highest BCUT2D eigenvalue weighted by Gasteiger charge is 2.36. The van der Waals surface area contributed by atoms with Gasteiger partial charge in [-0.2, -0.15) is 0 Å². The second-order valence-corrected chi connectivity index (χ2v) is 7.22. The fraction of sp³-hybridized carbons (Fsp3) is 0.526. The maximum Gasteiger partial charge on any atom is 0.253 e. The van der Waals surface area contributed by atoms with Gasteiger partial charge in [-0.3, -0.25) is 4.79 Å². The van der Waals surface area contributed by atoms with Gasteiger partial charge < -0.3 is 14.8 Å². The predicted octanol–water partition coefficient (Wildman–Crippen LogP) is 3.35. The topological polar surface area (TPSA) is 37.3 Å². The zero-order valence-electron chi connectivity index (χ0n) is 14.4. The van der Waals surface area contributed by atoms with Gasteiger partial charge in [0, 0.05) is 42.3 Å². The highest BCUT2D eigenvalue weighted by atomic mass is 35.5. The Morgan fingerprint density at radius 3 is 2.50 bits per heavy atom. The molecule has 1 amide bonds. The quantitative estimate of drug-likeness (QED) is 0.904. The first-order valence-electron chi connectivity index (χ1n) is 8.70. The highest BCUT2D eigenvalue weighted by Crippen LogP contribution is 2.33. The van der Waals surface area contributed by atoms with Crippen molar-refractivity contribution in [2.45, 2.75) is 50.2 Å². The minimum absolute atomic E-state index is 0. The second-order valence-electron chi connectivity index (χ2n) is 7.22. The smallest absolute Gasteiger partial charge is 0.253 e. The highest BCUT2D eigenvalue weighted by molar-refractivity contribution is 6.07. The number of hydrogen-bond donors (Lipinski definition) is 1. The number of carbonyl (C=O) groups excluding carboxylic acids is 1. The van der Waals surface area contributed by atoms with E-state index in [0.29, 0.717) is 18.1 Å². The Kier molecular flexibility index (Phi) is 4.88. The summed E-state index contributed by atoms with van der Waals surface area (Å²) in [5, 5.41) is 4.35. The molecule has 0 aliphatic carbocycles. The molecule has 0 radical (unpaired) electrons. The molecule has 2 fully saturated rings. The summed E-state index contributed by atoms with van der Waals surface area (Å²) >= 11 is 0. The van der Waals surface area contributed by atoms with Crippen LogP contribution in [0.4, 0.5) is 0 Å². The monoisotopic (exact) mass is 347 g/mol. The minimum atomic E-state index is 0. The Labute approximate surface area is 149 Å². The predicted molar refractivity (Wildman–Crippen MR) is 99.8 cm³/mol. The first-order valence-corrected chi connectivity index (χ1v) is 8.70. The number of benzene rings is 1. The summed E-state index contributed by atoms with van der Waals surface area (Å²) in [5.41, 5.74) is 1.91. The van der Waals surface area contributed by atoms with Crippen molar-refractivity contribution >= 4 is 29.2 Å². The fourth-order valence-corrected chi connectivity index (χ4v) is 4.52. The van der Waals surface area contributed by atoms with Gasteiger partial charge in [0.25, 0.3) is 5.91 Å². The van der Waals surface area contributed by atoms with Crippen LogP contribution in [0.1, 0.15) is 42.5 Å². The van der Waals surface area contributed by atoms with E-state index in [1.807, 2.05) is 36.0 Å². The number of aryl methyl sites for hydroxylation is 1. The van der Waals surface area contributed by atoms with Crippen molar-refractivity contribution in [3.8, 4) is 0 Å². The fourth-order valence-electron chi connectivity index (χ4n) is 4.52. The molecule has 1 aromatic carbocycles. The summed E-state index contributed by atoms with van der Waals surface area (Å²) in [6.07, 6.45) is 8.01. The van der Waals surface area contributed by atoms with Crippen molar-refractivity contribution in [2.75, 3.05) is 7.05 Å². The van der Waals surface area contributed by atoms with Gasteiger partial charge in [-0.1, -0.05) is 24.6 Å². The van der Waals surface area contributed by atoms with Crippen LogP contribution in [0.2, 0.25) is 0 Å². The zero-order valence-corrected chi connectivity index (χ0v) is 15.2. The Bertz CT molecular complexity index is 727. The molecular weight excluding hydrogens is 322 g/mol. The molecule has 2 aliphatic heterocycles. The second kappa shape index (κ2) is 6.77. The largest absolute Gasteiger partial charge is 0.350 e. The molecule has 4 nitrogen and oxygen atoms in total. The van der Waals surface area contributed by atoms with Crippen LogP contribution in [0.15, 0.2) is 30.5 Å². The average Bonchev–Trinajstić information content (AvgIpc) is 2.86. The van der Waals surface area contributed by atoms with Gasteiger partial charge in [0.15, 0.2) is 0 Å². The molecule has 2 atom stereocenters. The lowest BCUT2D eigenvalue weighted by molar-refractivity contribution is 0.0463. The van der Waals surface area contributed by atoms with Crippen molar-refractivity contribution in [3.63, 3.8) is 0 Å². The Balaban J connectivity index is 0.00000169. The van der Waals surface area contributed by atoms with Crippen molar-refractivity contribution in [1.29, 1.82) is 0 Å². The number of carbonyl (C=O) groups is 1. The summed E-state index contributed by atoms with van der Waals surface area (Å²) in [4.78, 5) is 15.3. The van der Waals surface area contributed by atoms with Gasteiger partial charge in [0.1, 0.15) is 0 Å². The van der Waals surface area contributed by atoms with Gasteiger partial charge >= 0.3 is 0 Å². The number of nitrogens with zero attached hydrogens (tertiary/aromatic N) is 2. The van der Waals surface area contributed by atoms with Crippen LogP contribution in [-0.2, 0) is 7.05 Å². The van der Waals surface area contributed by atoms with E-state index in [1.54, 1.807) is 0 Å². The Morgan fingerprint density at radius 2 is 1.79 bits per heavy atom. The standard InChI is InChI=1S/C19H25N3O.ClH/c1-21-12-17(16-8-3-4-9-18(16)21)19(23)20-13-10-14-6-5-7-15(11-13)22(14)2;/h3-4,8-9,12-15H,5-7,10-11H2,1-2H3,(H,20,23);1H. The maximum atomic E-state index is 12.8. The van der Waals surface area contributed by atoms with Crippen molar-refractivity contribution < 1.29 is 4.79 Å². The van der Waals surface area contributed by atoms with Gasteiger partial charge in [0.05, 0.1) is 5.56 Å². The number of aromatic nitrogens is 1. The number of hydrogen-bond acceptors (Lipinski definition) is 2. The lowest BCUT2D eigenvalue weighted by Gasteiger charge is -2.47. The van der Waals surface area contributed by atoms with Crippen LogP contribution < -0.4 is 5.32 Å². The molecule has 2 saturated heterocycles. The van der Waals surface area contributed by atoms with E-state index in [2.05, 4.69) is 23.3 Å². The molecule has 0 spiro atoms. The van der Waals surface area contributed by atoms with E-state index >= 15 is 0 Å². The van der Waals surface area contributed by atoms with Crippen LogP contribution in [0, 0.1) is 0 Å². The average molecular weight is 348 g/mol. The number of rotatable bonds is 2. The summed E-state index contributed by atoms with van der Waals surface area (Å²) in [5.74, 6) is 0.0782. The number of nitrogens with one attached hydrogen (secondary N) is 1. The summed E-state index contributed by atoms with van der Waals surface area (Å²) in [6, 6.07) is 9.70. The van der Waals surface area contributed by atoms with Gasteiger partial charge in [0.2, 0.25) is 0 Å². The van der Waals surface area contributed by atoms with Gasteiger partial charge in [-0.05, 0) is 38.8 Å². The SMILES string of the molecule is CN1C2CCCC1CC(NC(=O)c1cn(C)c3ccccc13)C2.Cl. The molecule has 2 unspecified atom stereocenters. The third-order valence-electron chi connectivity index (χ3n) is 5.82. The summed E-state index contributed by atoms with van der Waals surface area (Å²) in [6.45, 7) is 0. The summed E-state index contributed by atoms with van der Waals surface area (Å²) in [7, 11) is 4.25. The molecule has 24 heavy (non-hydrogen) atoms. The molecule has 5 heteroatoms. The first-order chi connectivity index (χ1) is 11.1. The van der Waals surface area contributed by atoms with Crippen LogP contribution in [-0.4, -0.2) is 40.5 Å². The minimum Gasteiger partial charge on any atom is -0.350 e. The molecule has 4 rings (SSSR count). The molecule has 0 saturated carbocycles. The molecule has 1 aromatic heterocycles. The van der Waals surface area contributed by atoms with Crippen molar-refractivity contribution in [3.05, 3.63) is 36.0 Å². The normalized spacial score (nSPS) is 26.8. The third kappa shape index (κ3) is 2.93. The number of amides is 1. The lowest BCUT2D eigenvalue weighted by Crippen LogP contribution is -2.55. The van der Waals surface area contributed by atoms with Gasteiger partial charge in [-0.15, -0.1) is 12.4 Å². The summed E-state index contributed by atoms with van der Waals surface area (Å²) < 4.78 is 2.04. The van der Waals surface area contributed by atoms with E-state index in [0.717, 1.165) is 29.3 Å². The van der Waals surface area contributed by atoms with E-state index in [4.69, 9.17) is 0 Å². The van der Waals surface area contributed by atoms with E-state index < -0.39 is 0 Å². The molecule has 130 valence electrons. The molecule has 3 heterocycles. The number of piperidine rings is 2. The van der Waals surface area contributed by atoms with Crippen LogP contribution >= 0.6 is 12.4 Å². The first kappa shape index (κ1) is 17.3. The van der Waals surface area contributed by atoms with E-state index in [-0.39, 0.29) is 18.3 Å². The van der Waals surface area contributed by atoms with Gasteiger partial charge in [-0.25, -0.2) is 0 Å². The Morgan fingerprint density at radius 1 is 1.12 bits per heavy atom. The van der Waals surface area contributed by atoms with Crippen LogP contribution in [0.25, 0.3) is 10.9 Å². The molecule has 2 aromatic rings. The van der Waals surface area contributed by atoms with E-state index in [9.17, 15) is 4.79 Å². The molecule has 1 N–H and O–H groups in total. The van der Waals surface area contributed by atoms with Crippen molar-refractivity contribution in [1.82, 2.24) is 14.8 Å². The lowest BCUT2D eigenvalue weighted by atomic mass is 9.82. The van der Waals surface area contributed by atoms with Crippen LogP contribution in [0.5, 0.6) is 0 Å². The molecule has 2 aliphatic rings. The maximum absolute atomic E-state index is 12.8. The third-order valence-corrected chi connectivity index (χ3v) is 5.82. The van der Waals surface area contributed by atoms with E-state index in [1.165, 1.54) is 19.3 Å². The zero-order chi connectivity index (χ0) is 16.0. The number of halogens is 1. The molecular formula is C19H26ClN3O. The van der Waals surface area contributed by atoms with Crippen molar-refractivity contribution in [2.24, 2.45) is 7.05 Å². The van der Waals surface area contributed by atoms with Crippen LogP contribution in [0.3, 0.4) is 0 Å². The number of fused-ring (bicyclic) bond motifs is 3. The Hall–Kier alpha value is -1.52. The number of para-hydroxylation sites is 1. The molecule has 2 bridgehead atoms.